The maximum Gasteiger partial charge on any atom is 0.243 e. The summed E-state index contributed by atoms with van der Waals surface area (Å²) in [6.45, 7) is 5.33. The summed E-state index contributed by atoms with van der Waals surface area (Å²) < 4.78 is 32.9. The minimum Gasteiger partial charge on any atom is -0.379 e. The van der Waals surface area contributed by atoms with Crippen LogP contribution in [0.15, 0.2) is 23.1 Å². The van der Waals surface area contributed by atoms with Crippen LogP contribution >= 0.6 is 0 Å². The SMILES string of the molecule is C[NH+]1CCN(c2ccc(S(=O)(=O)N3CCOCC3)cc2NC(=O)C2CCC2)CC1. The average molecular weight is 424 g/mol. The lowest BCUT2D eigenvalue weighted by atomic mass is 9.85. The number of sulfonamides is 1. The number of likely N-dealkylation sites (N-methyl/N-ethyl adjacent to an activating group) is 1. The van der Waals surface area contributed by atoms with Crippen LogP contribution in [0.1, 0.15) is 19.3 Å². The molecule has 0 atom stereocenters. The molecule has 4 rings (SSSR count). The molecule has 2 heterocycles. The lowest BCUT2D eigenvalue weighted by molar-refractivity contribution is -0.880. The fourth-order valence-corrected chi connectivity index (χ4v) is 5.46. The molecule has 1 aromatic carbocycles. The molecule has 160 valence electrons. The Bertz CT molecular complexity index is 842. The summed E-state index contributed by atoms with van der Waals surface area (Å²) in [6, 6.07) is 5.16. The van der Waals surface area contributed by atoms with Crippen molar-refractivity contribution in [3.8, 4) is 0 Å². The van der Waals surface area contributed by atoms with E-state index in [2.05, 4.69) is 17.3 Å². The molecule has 3 fully saturated rings. The lowest BCUT2D eigenvalue weighted by Crippen LogP contribution is -3.12. The van der Waals surface area contributed by atoms with Gasteiger partial charge in [0.05, 0.1) is 62.7 Å². The first-order valence-corrected chi connectivity index (χ1v) is 12.0. The molecule has 1 amide bonds. The van der Waals surface area contributed by atoms with Crippen molar-refractivity contribution in [2.45, 2.75) is 24.2 Å². The largest absolute Gasteiger partial charge is 0.379 e. The van der Waals surface area contributed by atoms with Gasteiger partial charge in [0, 0.05) is 19.0 Å². The number of quaternary nitrogens is 1. The zero-order valence-corrected chi connectivity index (χ0v) is 17.8. The molecule has 1 aromatic rings. The standard InChI is InChI=1S/C20H30N4O4S/c1-22-7-9-23(10-8-22)19-6-5-17(29(26,27)24-11-13-28-14-12-24)15-18(19)21-20(25)16-3-2-4-16/h5-6,15-16H,2-4,7-14H2,1H3,(H,21,25)/p+1. The zero-order valence-electron chi connectivity index (χ0n) is 17.0. The van der Waals surface area contributed by atoms with Crippen LogP contribution in [0.25, 0.3) is 0 Å². The van der Waals surface area contributed by atoms with Gasteiger partial charge in [-0.25, -0.2) is 8.42 Å². The fourth-order valence-electron chi connectivity index (χ4n) is 4.02. The summed E-state index contributed by atoms with van der Waals surface area (Å²) >= 11 is 0. The Morgan fingerprint density at radius 2 is 1.83 bits per heavy atom. The van der Waals surface area contributed by atoms with Gasteiger partial charge in [-0.1, -0.05) is 6.42 Å². The highest BCUT2D eigenvalue weighted by atomic mass is 32.2. The van der Waals surface area contributed by atoms with E-state index in [0.717, 1.165) is 51.1 Å². The number of anilines is 2. The second-order valence-electron chi connectivity index (χ2n) is 8.26. The number of nitrogens with zero attached hydrogens (tertiary/aromatic N) is 2. The number of piperazine rings is 1. The Labute approximate surface area is 172 Å². The smallest absolute Gasteiger partial charge is 0.243 e. The second kappa shape index (κ2) is 8.59. The van der Waals surface area contributed by atoms with Crippen molar-refractivity contribution in [1.29, 1.82) is 0 Å². The van der Waals surface area contributed by atoms with Crippen molar-refractivity contribution >= 4 is 27.3 Å². The molecule has 0 bridgehead atoms. The van der Waals surface area contributed by atoms with E-state index in [9.17, 15) is 13.2 Å². The van der Waals surface area contributed by atoms with Crippen molar-refractivity contribution in [2.75, 3.05) is 69.7 Å². The maximum absolute atomic E-state index is 13.1. The van der Waals surface area contributed by atoms with Gasteiger partial charge >= 0.3 is 0 Å². The number of morpholine rings is 1. The number of amides is 1. The third-order valence-electron chi connectivity index (χ3n) is 6.27. The quantitative estimate of drug-likeness (QED) is 0.684. The monoisotopic (exact) mass is 423 g/mol. The molecule has 1 aliphatic carbocycles. The molecular formula is C20H31N4O4S+. The predicted octanol–water partition coefficient (Wildman–Crippen LogP) is -0.219. The topological polar surface area (TPSA) is 83.4 Å². The van der Waals surface area contributed by atoms with Crippen LogP contribution in [0.2, 0.25) is 0 Å². The van der Waals surface area contributed by atoms with Gasteiger partial charge < -0.3 is 19.9 Å². The number of carbonyl (C=O) groups is 1. The Morgan fingerprint density at radius 1 is 1.14 bits per heavy atom. The van der Waals surface area contributed by atoms with Crippen molar-refractivity contribution in [2.24, 2.45) is 5.92 Å². The maximum atomic E-state index is 13.1. The molecule has 0 radical (unpaired) electrons. The summed E-state index contributed by atoms with van der Waals surface area (Å²) in [5, 5.41) is 3.04. The van der Waals surface area contributed by atoms with Gasteiger partial charge in [0.2, 0.25) is 15.9 Å². The summed E-state index contributed by atoms with van der Waals surface area (Å²) in [4.78, 5) is 16.6. The van der Waals surface area contributed by atoms with Crippen molar-refractivity contribution in [3.63, 3.8) is 0 Å². The van der Waals surface area contributed by atoms with Crippen molar-refractivity contribution in [3.05, 3.63) is 18.2 Å². The molecule has 8 nitrogen and oxygen atoms in total. The molecule has 1 saturated carbocycles. The lowest BCUT2D eigenvalue weighted by Gasteiger charge is -2.34. The first-order chi connectivity index (χ1) is 13.9. The molecule has 2 aliphatic heterocycles. The van der Waals surface area contributed by atoms with Gasteiger partial charge in [-0.05, 0) is 31.0 Å². The van der Waals surface area contributed by atoms with E-state index in [1.165, 1.54) is 9.21 Å². The van der Waals surface area contributed by atoms with E-state index in [-0.39, 0.29) is 16.7 Å². The van der Waals surface area contributed by atoms with Crippen LogP contribution in [0.4, 0.5) is 11.4 Å². The molecular weight excluding hydrogens is 392 g/mol. The highest BCUT2D eigenvalue weighted by Gasteiger charge is 2.30. The molecule has 0 spiro atoms. The Balaban J connectivity index is 1.63. The third-order valence-corrected chi connectivity index (χ3v) is 8.16. The van der Waals surface area contributed by atoms with E-state index in [1.54, 1.807) is 12.1 Å². The molecule has 2 saturated heterocycles. The van der Waals surface area contributed by atoms with E-state index in [1.807, 2.05) is 6.07 Å². The highest BCUT2D eigenvalue weighted by molar-refractivity contribution is 7.89. The van der Waals surface area contributed by atoms with Crippen LogP contribution in [-0.4, -0.2) is 78.2 Å². The number of ether oxygens (including phenoxy) is 1. The normalized spacial score (nSPS) is 22.3. The second-order valence-corrected chi connectivity index (χ2v) is 10.2. The van der Waals surface area contributed by atoms with Gasteiger partial charge in [-0.2, -0.15) is 4.31 Å². The fraction of sp³-hybridized carbons (Fsp3) is 0.650. The molecule has 2 N–H and O–H groups in total. The highest BCUT2D eigenvalue weighted by Crippen LogP contribution is 2.33. The average Bonchev–Trinajstić information content (AvgIpc) is 2.68. The number of hydrogen-bond donors (Lipinski definition) is 2. The summed E-state index contributed by atoms with van der Waals surface area (Å²) in [5.41, 5.74) is 1.52. The third kappa shape index (κ3) is 4.42. The molecule has 3 aliphatic rings. The minimum absolute atomic E-state index is 0.00169. The van der Waals surface area contributed by atoms with Gasteiger partial charge in [0.15, 0.2) is 0 Å². The zero-order chi connectivity index (χ0) is 20.4. The van der Waals surface area contributed by atoms with Crippen LogP contribution in [0, 0.1) is 5.92 Å². The van der Waals surface area contributed by atoms with Crippen molar-refractivity contribution in [1.82, 2.24) is 4.31 Å². The van der Waals surface area contributed by atoms with Crippen LogP contribution in [0.3, 0.4) is 0 Å². The molecule has 9 heteroatoms. The van der Waals surface area contributed by atoms with E-state index in [4.69, 9.17) is 4.74 Å². The van der Waals surface area contributed by atoms with Crippen LogP contribution in [0.5, 0.6) is 0 Å². The number of nitrogens with one attached hydrogen (secondary N) is 2. The van der Waals surface area contributed by atoms with Gasteiger partial charge in [0.25, 0.3) is 0 Å². The first-order valence-electron chi connectivity index (χ1n) is 10.5. The number of rotatable bonds is 5. The summed E-state index contributed by atoms with van der Waals surface area (Å²) in [7, 11) is -1.43. The van der Waals surface area contributed by atoms with Crippen LogP contribution < -0.4 is 15.1 Å². The predicted molar refractivity (Wildman–Crippen MR) is 111 cm³/mol. The molecule has 0 unspecified atom stereocenters. The van der Waals surface area contributed by atoms with E-state index < -0.39 is 10.0 Å². The van der Waals surface area contributed by atoms with Gasteiger partial charge in [-0.15, -0.1) is 0 Å². The number of hydrogen-bond acceptors (Lipinski definition) is 5. The van der Waals surface area contributed by atoms with E-state index in [0.29, 0.717) is 32.0 Å². The number of carbonyl (C=O) groups excluding carboxylic acids is 1. The summed E-state index contributed by atoms with van der Waals surface area (Å²) in [6.07, 6.45) is 2.90. The van der Waals surface area contributed by atoms with Crippen LogP contribution in [-0.2, 0) is 19.6 Å². The minimum atomic E-state index is -3.61. The Kier molecular flexibility index (Phi) is 6.10. The Morgan fingerprint density at radius 3 is 2.45 bits per heavy atom. The number of benzene rings is 1. The van der Waals surface area contributed by atoms with Crippen molar-refractivity contribution < 1.29 is 22.8 Å². The summed E-state index contributed by atoms with van der Waals surface area (Å²) in [5.74, 6) is 0.0393. The van der Waals surface area contributed by atoms with E-state index >= 15 is 0 Å². The Hall–Kier alpha value is -1.68. The first kappa shape index (κ1) is 20.6. The van der Waals surface area contributed by atoms with Gasteiger partial charge in [0.1, 0.15) is 0 Å². The molecule has 0 aromatic heterocycles. The molecule has 29 heavy (non-hydrogen) atoms. The van der Waals surface area contributed by atoms with Gasteiger partial charge in [-0.3, -0.25) is 4.79 Å².